The lowest BCUT2D eigenvalue weighted by Crippen LogP contribution is -2.25. The van der Waals surface area contributed by atoms with Crippen LogP contribution in [0.25, 0.3) is 22.3 Å². The van der Waals surface area contributed by atoms with Gasteiger partial charge in [0.15, 0.2) is 5.82 Å². The number of amides is 1. The van der Waals surface area contributed by atoms with Crippen LogP contribution in [0.2, 0.25) is 0 Å². The van der Waals surface area contributed by atoms with Crippen molar-refractivity contribution in [1.82, 2.24) is 14.9 Å². The second kappa shape index (κ2) is 10.9. The van der Waals surface area contributed by atoms with Gasteiger partial charge in [0.2, 0.25) is 5.91 Å². The van der Waals surface area contributed by atoms with E-state index in [1.165, 1.54) is 0 Å². The molecular formula is C23H28ClN5O. The van der Waals surface area contributed by atoms with Gasteiger partial charge < -0.3 is 15.5 Å². The van der Waals surface area contributed by atoms with E-state index in [-0.39, 0.29) is 11.8 Å². The minimum atomic E-state index is -0.264. The number of anilines is 2. The third kappa shape index (κ3) is 5.46. The minimum absolute atomic E-state index is 0.105. The number of alkyl halides is 1. The summed E-state index contributed by atoms with van der Waals surface area (Å²) in [6.45, 7) is 8.34. The predicted octanol–water partition coefficient (Wildman–Crippen LogP) is 4.62. The summed E-state index contributed by atoms with van der Waals surface area (Å²) < 4.78 is 0. The molecule has 6 nitrogen and oxygen atoms in total. The molecule has 3 rings (SSSR count). The summed E-state index contributed by atoms with van der Waals surface area (Å²) >= 11 is 5.66. The van der Waals surface area contributed by atoms with Gasteiger partial charge in [-0.05, 0) is 50.3 Å². The van der Waals surface area contributed by atoms with Gasteiger partial charge in [0.25, 0.3) is 0 Å². The fraction of sp³-hybridized carbons (Fsp3) is 0.348. The number of para-hydroxylation sites is 2. The van der Waals surface area contributed by atoms with Crippen LogP contribution >= 0.6 is 11.6 Å². The summed E-state index contributed by atoms with van der Waals surface area (Å²) in [6.07, 6.45) is 1.03. The Labute approximate surface area is 182 Å². The molecular weight excluding hydrogens is 398 g/mol. The molecule has 1 aromatic heterocycles. The number of fused-ring (bicyclic) bond motifs is 1. The molecule has 1 amide bonds. The van der Waals surface area contributed by atoms with Crippen LogP contribution < -0.4 is 10.6 Å². The first kappa shape index (κ1) is 22.0. The lowest BCUT2D eigenvalue weighted by atomic mass is 10.1. The first-order valence-electron chi connectivity index (χ1n) is 10.3. The summed E-state index contributed by atoms with van der Waals surface area (Å²) in [4.78, 5) is 23.8. The lowest BCUT2D eigenvalue weighted by molar-refractivity contribution is -0.113. The van der Waals surface area contributed by atoms with Crippen molar-refractivity contribution in [3.05, 3.63) is 48.5 Å². The largest absolute Gasteiger partial charge is 0.369 e. The average Bonchev–Trinajstić information content (AvgIpc) is 2.79. The molecule has 0 spiro atoms. The topological polar surface area (TPSA) is 70.2 Å². The third-order valence-electron chi connectivity index (χ3n) is 5.00. The Hall–Kier alpha value is -2.70. The Morgan fingerprint density at radius 1 is 1.03 bits per heavy atom. The number of benzene rings is 2. The molecule has 0 saturated carbocycles. The number of halogens is 1. The average molecular weight is 426 g/mol. The Morgan fingerprint density at radius 3 is 2.53 bits per heavy atom. The van der Waals surface area contributed by atoms with Gasteiger partial charge >= 0.3 is 0 Å². The van der Waals surface area contributed by atoms with Gasteiger partial charge in [0, 0.05) is 17.5 Å². The molecule has 0 saturated heterocycles. The first-order valence-corrected chi connectivity index (χ1v) is 10.9. The van der Waals surface area contributed by atoms with E-state index >= 15 is 0 Å². The van der Waals surface area contributed by atoms with Gasteiger partial charge in [-0.3, -0.25) is 4.79 Å². The van der Waals surface area contributed by atoms with E-state index in [1.54, 1.807) is 0 Å². The maximum atomic E-state index is 11.8. The maximum Gasteiger partial charge on any atom is 0.239 e. The highest BCUT2D eigenvalue weighted by atomic mass is 35.5. The van der Waals surface area contributed by atoms with E-state index in [4.69, 9.17) is 21.6 Å². The predicted molar refractivity (Wildman–Crippen MR) is 125 cm³/mol. The van der Waals surface area contributed by atoms with Crippen molar-refractivity contribution < 1.29 is 4.79 Å². The van der Waals surface area contributed by atoms with Gasteiger partial charge in [0.1, 0.15) is 11.7 Å². The Morgan fingerprint density at radius 2 is 1.77 bits per heavy atom. The van der Waals surface area contributed by atoms with Gasteiger partial charge in [-0.1, -0.05) is 38.1 Å². The van der Waals surface area contributed by atoms with Gasteiger partial charge in [-0.2, -0.15) is 0 Å². The first-order chi connectivity index (χ1) is 14.7. The zero-order chi connectivity index (χ0) is 21.3. The monoisotopic (exact) mass is 425 g/mol. The van der Waals surface area contributed by atoms with Gasteiger partial charge in [-0.15, -0.1) is 11.6 Å². The standard InChI is InChI=1S/C23H28ClN5O/c1-3-29(4-2)15-9-14-25-22-17-10-5-8-13-20(17)27-23(28-22)18-11-6-7-12-19(18)26-21(30)16-24/h5-8,10-13H,3-4,9,14-16H2,1-2H3,(H,26,30)(H,25,27,28). The van der Waals surface area contributed by atoms with Crippen molar-refractivity contribution in [2.75, 3.05) is 42.7 Å². The van der Waals surface area contributed by atoms with Crippen LogP contribution in [0.15, 0.2) is 48.5 Å². The highest BCUT2D eigenvalue weighted by molar-refractivity contribution is 6.29. The lowest BCUT2D eigenvalue weighted by Gasteiger charge is -2.18. The van der Waals surface area contributed by atoms with Gasteiger partial charge in [0.05, 0.1) is 11.2 Å². The molecule has 0 aliphatic rings. The molecule has 0 fully saturated rings. The van der Waals surface area contributed by atoms with Crippen molar-refractivity contribution in [1.29, 1.82) is 0 Å². The molecule has 30 heavy (non-hydrogen) atoms. The molecule has 2 aromatic carbocycles. The smallest absolute Gasteiger partial charge is 0.239 e. The number of carbonyl (C=O) groups excluding carboxylic acids is 1. The molecule has 0 aliphatic heterocycles. The number of hydrogen-bond acceptors (Lipinski definition) is 5. The number of carbonyl (C=O) groups is 1. The highest BCUT2D eigenvalue weighted by Gasteiger charge is 2.13. The highest BCUT2D eigenvalue weighted by Crippen LogP contribution is 2.29. The summed E-state index contributed by atoms with van der Waals surface area (Å²) in [5.41, 5.74) is 2.26. The summed E-state index contributed by atoms with van der Waals surface area (Å²) in [5.74, 6) is 0.991. The van der Waals surface area contributed by atoms with Crippen molar-refractivity contribution in [3.8, 4) is 11.4 Å². The number of hydrogen-bond donors (Lipinski definition) is 2. The van der Waals surface area contributed by atoms with Crippen LogP contribution in [-0.2, 0) is 4.79 Å². The fourth-order valence-electron chi connectivity index (χ4n) is 3.35. The quantitative estimate of drug-likeness (QED) is 0.366. The van der Waals surface area contributed by atoms with E-state index < -0.39 is 0 Å². The Bertz CT molecular complexity index is 990. The molecule has 2 N–H and O–H groups in total. The van der Waals surface area contributed by atoms with Crippen molar-refractivity contribution in [2.24, 2.45) is 0 Å². The molecule has 0 unspecified atom stereocenters. The Balaban J connectivity index is 1.90. The molecule has 158 valence electrons. The second-order valence-electron chi connectivity index (χ2n) is 6.95. The molecule has 0 radical (unpaired) electrons. The van der Waals surface area contributed by atoms with Gasteiger partial charge in [-0.25, -0.2) is 9.97 Å². The van der Waals surface area contributed by atoms with Crippen LogP contribution in [0.5, 0.6) is 0 Å². The molecule has 3 aromatic rings. The van der Waals surface area contributed by atoms with Crippen LogP contribution in [0.1, 0.15) is 20.3 Å². The normalized spacial score (nSPS) is 11.1. The number of nitrogens with zero attached hydrogens (tertiary/aromatic N) is 3. The van der Waals surface area contributed by atoms with Crippen molar-refractivity contribution >= 4 is 39.9 Å². The second-order valence-corrected chi connectivity index (χ2v) is 7.21. The fourth-order valence-corrected chi connectivity index (χ4v) is 3.42. The van der Waals surface area contributed by atoms with E-state index in [0.29, 0.717) is 11.5 Å². The van der Waals surface area contributed by atoms with Crippen LogP contribution in [0.3, 0.4) is 0 Å². The molecule has 1 heterocycles. The third-order valence-corrected chi connectivity index (χ3v) is 5.25. The van der Waals surface area contributed by atoms with Crippen LogP contribution in [0.4, 0.5) is 11.5 Å². The number of rotatable bonds is 10. The van der Waals surface area contributed by atoms with E-state index in [9.17, 15) is 4.79 Å². The molecule has 0 atom stereocenters. The number of nitrogens with one attached hydrogen (secondary N) is 2. The van der Waals surface area contributed by atoms with Crippen LogP contribution in [0, 0.1) is 0 Å². The zero-order valence-electron chi connectivity index (χ0n) is 17.5. The number of aromatic nitrogens is 2. The molecule has 0 aliphatic carbocycles. The summed E-state index contributed by atoms with van der Waals surface area (Å²) in [7, 11) is 0. The van der Waals surface area contributed by atoms with Crippen LogP contribution in [-0.4, -0.2) is 52.8 Å². The van der Waals surface area contributed by atoms with E-state index in [2.05, 4.69) is 29.4 Å². The molecule has 7 heteroatoms. The Kier molecular flexibility index (Phi) is 7.99. The minimum Gasteiger partial charge on any atom is -0.369 e. The van der Waals surface area contributed by atoms with E-state index in [0.717, 1.165) is 54.9 Å². The summed E-state index contributed by atoms with van der Waals surface area (Å²) in [6, 6.07) is 15.4. The maximum absolute atomic E-state index is 11.8. The van der Waals surface area contributed by atoms with Crippen molar-refractivity contribution in [3.63, 3.8) is 0 Å². The zero-order valence-corrected chi connectivity index (χ0v) is 18.2. The SMILES string of the molecule is CCN(CC)CCCNc1nc(-c2ccccc2NC(=O)CCl)nc2ccccc12. The summed E-state index contributed by atoms with van der Waals surface area (Å²) in [5, 5.41) is 7.29. The van der Waals surface area contributed by atoms with Crippen molar-refractivity contribution in [2.45, 2.75) is 20.3 Å². The molecule has 0 bridgehead atoms. The van der Waals surface area contributed by atoms with E-state index in [1.807, 2.05) is 48.5 Å².